The molecule has 7 heteroatoms. The highest BCUT2D eigenvalue weighted by Gasteiger charge is 2.45. The summed E-state index contributed by atoms with van der Waals surface area (Å²) < 4.78 is 13.3. The molecule has 31 heavy (non-hydrogen) atoms. The first-order chi connectivity index (χ1) is 15.0. The Balaban J connectivity index is 1.91. The SMILES string of the molecule is COCCCO[C@@H]1c2ccn3c(C)c(C)nc3c2N(C(C)=O)[C@H](c2ccccc2)[C@H]1O. The lowest BCUT2D eigenvalue weighted by atomic mass is 9.86. The summed E-state index contributed by atoms with van der Waals surface area (Å²) in [5.74, 6) is -0.154. The maximum absolute atomic E-state index is 13.0. The van der Waals surface area contributed by atoms with Gasteiger partial charge in [-0.25, -0.2) is 4.98 Å². The van der Waals surface area contributed by atoms with Crippen LogP contribution in [0.25, 0.3) is 5.65 Å². The van der Waals surface area contributed by atoms with Crippen molar-refractivity contribution in [1.82, 2.24) is 9.38 Å². The number of aryl methyl sites for hydroxylation is 2. The molecular weight excluding hydrogens is 394 g/mol. The fourth-order valence-corrected chi connectivity index (χ4v) is 4.41. The van der Waals surface area contributed by atoms with Gasteiger partial charge in [-0.2, -0.15) is 0 Å². The second-order valence-electron chi connectivity index (χ2n) is 7.97. The molecule has 4 rings (SSSR count). The summed E-state index contributed by atoms with van der Waals surface area (Å²) in [6, 6.07) is 10.9. The van der Waals surface area contributed by atoms with Crippen molar-refractivity contribution in [3.8, 4) is 0 Å². The van der Waals surface area contributed by atoms with E-state index in [1.165, 1.54) is 6.92 Å². The number of aromatic nitrogens is 2. The summed E-state index contributed by atoms with van der Waals surface area (Å²) in [5, 5.41) is 11.5. The van der Waals surface area contributed by atoms with Crippen molar-refractivity contribution in [2.24, 2.45) is 0 Å². The number of aliphatic hydroxyl groups is 1. The second kappa shape index (κ2) is 8.78. The molecule has 164 valence electrons. The minimum absolute atomic E-state index is 0.154. The zero-order valence-electron chi connectivity index (χ0n) is 18.4. The van der Waals surface area contributed by atoms with Gasteiger partial charge < -0.3 is 19.0 Å². The molecule has 0 saturated heterocycles. The maximum Gasteiger partial charge on any atom is 0.224 e. The average molecular weight is 424 g/mol. The molecule has 1 aromatic carbocycles. The van der Waals surface area contributed by atoms with Crippen LogP contribution in [0, 0.1) is 13.8 Å². The van der Waals surface area contributed by atoms with Gasteiger partial charge in [0, 0.05) is 44.7 Å². The van der Waals surface area contributed by atoms with Gasteiger partial charge in [-0.05, 0) is 31.9 Å². The summed E-state index contributed by atoms with van der Waals surface area (Å²) in [6.45, 7) is 6.50. The van der Waals surface area contributed by atoms with Crippen LogP contribution in [0.2, 0.25) is 0 Å². The van der Waals surface area contributed by atoms with Crippen LogP contribution in [0.3, 0.4) is 0 Å². The van der Waals surface area contributed by atoms with Gasteiger partial charge in [0.25, 0.3) is 0 Å². The molecule has 1 N–H and O–H groups in total. The van der Waals surface area contributed by atoms with Crippen LogP contribution < -0.4 is 4.90 Å². The van der Waals surface area contributed by atoms with Gasteiger partial charge in [-0.3, -0.25) is 9.69 Å². The molecule has 3 aromatic rings. The van der Waals surface area contributed by atoms with E-state index in [2.05, 4.69) is 0 Å². The van der Waals surface area contributed by atoms with Gasteiger partial charge in [0.2, 0.25) is 5.91 Å². The van der Waals surface area contributed by atoms with Crippen LogP contribution in [0.4, 0.5) is 5.69 Å². The third kappa shape index (κ3) is 3.73. The predicted molar refractivity (Wildman–Crippen MR) is 118 cm³/mol. The van der Waals surface area contributed by atoms with Crippen molar-refractivity contribution >= 4 is 17.2 Å². The number of pyridine rings is 1. The van der Waals surface area contributed by atoms with Crippen LogP contribution in [-0.2, 0) is 14.3 Å². The fourth-order valence-electron chi connectivity index (χ4n) is 4.41. The fraction of sp³-hybridized carbons (Fsp3) is 0.417. The standard InChI is InChI=1S/C24H29N3O4/c1-15-16(2)26-12-11-19-21(24(26)25-15)27(17(3)28)20(18-9-6-5-7-10-18)22(29)23(19)31-14-8-13-30-4/h5-7,9-12,20,22-23,29H,8,13-14H2,1-4H3/t20-,22-,23-/m1/s1. The van der Waals surface area contributed by atoms with Crippen LogP contribution in [0.5, 0.6) is 0 Å². The highest BCUT2D eigenvalue weighted by atomic mass is 16.5. The largest absolute Gasteiger partial charge is 0.388 e. The molecule has 0 bridgehead atoms. The number of rotatable bonds is 6. The van der Waals surface area contributed by atoms with Gasteiger partial charge in [-0.15, -0.1) is 0 Å². The Morgan fingerprint density at radius 2 is 1.90 bits per heavy atom. The number of anilines is 1. The highest BCUT2D eigenvalue weighted by molar-refractivity contribution is 5.98. The molecule has 0 unspecified atom stereocenters. The summed E-state index contributed by atoms with van der Waals surface area (Å²) in [7, 11) is 1.65. The van der Waals surface area contributed by atoms with Crippen LogP contribution in [0.1, 0.15) is 48.0 Å². The van der Waals surface area contributed by atoms with Crippen LogP contribution >= 0.6 is 0 Å². The number of hydrogen-bond donors (Lipinski definition) is 1. The Bertz CT molecular complexity index is 1080. The van der Waals surface area contributed by atoms with E-state index in [9.17, 15) is 9.90 Å². The van der Waals surface area contributed by atoms with Crippen molar-refractivity contribution in [1.29, 1.82) is 0 Å². The van der Waals surface area contributed by atoms with Crippen molar-refractivity contribution in [2.75, 3.05) is 25.2 Å². The van der Waals surface area contributed by atoms with E-state index in [1.54, 1.807) is 12.0 Å². The van der Waals surface area contributed by atoms with E-state index >= 15 is 0 Å². The normalized spacial score (nSPS) is 20.8. The first kappa shape index (κ1) is 21.5. The number of methoxy groups -OCH3 is 1. The Morgan fingerprint density at radius 1 is 1.16 bits per heavy atom. The minimum atomic E-state index is -0.930. The van der Waals surface area contributed by atoms with E-state index in [1.807, 2.05) is 60.8 Å². The number of benzene rings is 1. The molecule has 0 fully saturated rings. The van der Waals surface area contributed by atoms with E-state index in [0.717, 1.165) is 22.5 Å². The quantitative estimate of drug-likeness (QED) is 0.614. The van der Waals surface area contributed by atoms with E-state index in [-0.39, 0.29) is 5.91 Å². The minimum Gasteiger partial charge on any atom is -0.388 e. The topological polar surface area (TPSA) is 76.3 Å². The number of aliphatic hydroxyl groups excluding tert-OH is 1. The zero-order chi connectivity index (χ0) is 22.1. The molecule has 1 aliphatic rings. The van der Waals surface area contributed by atoms with Crippen LogP contribution in [-0.4, -0.2) is 46.8 Å². The first-order valence-corrected chi connectivity index (χ1v) is 10.6. The molecular formula is C24H29N3O4. The molecule has 1 amide bonds. The average Bonchev–Trinajstić information content (AvgIpc) is 3.06. The van der Waals surface area contributed by atoms with Gasteiger partial charge >= 0.3 is 0 Å². The summed E-state index contributed by atoms with van der Waals surface area (Å²) in [6.07, 6.45) is 1.13. The van der Waals surface area contributed by atoms with Crippen LogP contribution in [0.15, 0.2) is 42.6 Å². The van der Waals surface area contributed by atoms with Crippen molar-refractivity contribution < 1.29 is 19.4 Å². The molecule has 7 nitrogen and oxygen atoms in total. The molecule has 1 aliphatic heterocycles. The van der Waals surface area contributed by atoms with Crippen molar-refractivity contribution in [3.63, 3.8) is 0 Å². The Morgan fingerprint density at radius 3 is 2.58 bits per heavy atom. The number of fused-ring (bicyclic) bond motifs is 3. The molecule has 3 heterocycles. The summed E-state index contributed by atoms with van der Waals surface area (Å²) in [4.78, 5) is 19.4. The lowest BCUT2D eigenvalue weighted by Gasteiger charge is -2.44. The van der Waals surface area contributed by atoms with E-state index in [4.69, 9.17) is 14.5 Å². The molecule has 0 saturated carbocycles. The smallest absolute Gasteiger partial charge is 0.224 e. The Hall–Kier alpha value is -2.74. The number of imidazole rings is 1. The highest BCUT2D eigenvalue weighted by Crippen LogP contribution is 2.47. The maximum atomic E-state index is 13.0. The lowest BCUT2D eigenvalue weighted by Crippen LogP contribution is -2.47. The van der Waals surface area contributed by atoms with Gasteiger partial charge in [0.1, 0.15) is 12.2 Å². The monoisotopic (exact) mass is 423 g/mol. The van der Waals surface area contributed by atoms with Gasteiger partial charge in [0.05, 0.1) is 17.4 Å². The summed E-state index contributed by atoms with van der Waals surface area (Å²) >= 11 is 0. The third-order valence-electron chi connectivity index (χ3n) is 6.00. The Kier molecular flexibility index (Phi) is 6.09. The number of amides is 1. The first-order valence-electron chi connectivity index (χ1n) is 10.6. The molecule has 0 aliphatic carbocycles. The van der Waals surface area contributed by atoms with Crippen molar-refractivity contribution in [2.45, 2.75) is 45.4 Å². The predicted octanol–water partition coefficient (Wildman–Crippen LogP) is 3.51. The van der Waals surface area contributed by atoms with Gasteiger partial charge in [-0.1, -0.05) is 30.3 Å². The second-order valence-corrected chi connectivity index (χ2v) is 7.97. The number of carbonyl (C=O) groups excluding carboxylic acids is 1. The van der Waals surface area contributed by atoms with Crippen molar-refractivity contribution in [3.05, 3.63) is 65.1 Å². The molecule has 2 aromatic heterocycles. The molecule has 0 radical (unpaired) electrons. The Labute approximate surface area is 182 Å². The molecule has 3 atom stereocenters. The third-order valence-corrected chi connectivity index (χ3v) is 6.00. The van der Waals surface area contributed by atoms with E-state index in [0.29, 0.717) is 31.0 Å². The zero-order valence-corrected chi connectivity index (χ0v) is 18.4. The van der Waals surface area contributed by atoms with E-state index < -0.39 is 18.2 Å². The van der Waals surface area contributed by atoms with Gasteiger partial charge in [0.15, 0.2) is 5.65 Å². The molecule has 0 spiro atoms. The lowest BCUT2D eigenvalue weighted by molar-refractivity contribution is -0.119. The number of carbonyl (C=O) groups is 1. The number of nitrogens with zero attached hydrogens (tertiary/aromatic N) is 3. The number of ether oxygens (including phenoxy) is 2. The summed E-state index contributed by atoms with van der Waals surface area (Å²) in [5.41, 5.74) is 4.93. The number of hydrogen-bond acceptors (Lipinski definition) is 5.